The molecule has 5 heteroatoms. The van der Waals surface area contributed by atoms with Crippen LogP contribution < -0.4 is 10.6 Å². The highest BCUT2D eigenvalue weighted by atomic mass is 32.2. The van der Waals surface area contributed by atoms with Crippen molar-refractivity contribution in [3.63, 3.8) is 0 Å². The number of nitrogens with one attached hydrogen (secondary N) is 2. The molecule has 0 spiro atoms. The summed E-state index contributed by atoms with van der Waals surface area (Å²) in [6, 6.07) is 0. The van der Waals surface area contributed by atoms with Crippen LogP contribution >= 0.6 is 0 Å². The molecular weight excluding hydrogens is 260 g/mol. The first-order chi connectivity index (χ1) is 9.04. The van der Waals surface area contributed by atoms with Crippen molar-refractivity contribution in [3.8, 4) is 0 Å². The van der Waals surface area contributed by atoms with E-state index in [1.54, 1.807) is 18.2 Å². The van der Waals surface area contributed by atoms with E-state index in [9.17, 15) is 8.42 Å². The maximum absolute atomic E-state index is 11.4. The van der Waals surface area contributed by atoms with Gasteiger partial charge in [-0.2, -0.15) is 0 Å². The smallest absolute Gasteiger partial charge is 0.175 e. The van der Waals surface area contributed by atoms with E-state index in [2.05, 4.69) is 17.6 Å². The Morgan fingerprint density at radius 2 is 1.95 bits per heavy atom. The third-order valence-corrected chi connectivity index (χ3v) is 3.57. The second-order valence-electron chi connectivity index (χ2n) is 3.91. The molecule has 0 unspecified atom stereocenters. The van der Waals surface area contributed by atoms with Gasteiger partial charge in [-0.3, -0.25) is 0 Å². The van der Waals surface area contributed by atoms with E-state index in [4.69, 9.17) is 0 Å². The molecule has 1 rings (SSSR count). The van der Waals surface area contributed by atoms with Gasteiger partial charge in [0.25, 0.3) is 0 Å². The van der Waals surface area contributed by atoms with E-state index < -0.39 is 9.84 Å². The third kappa shape index (κ3) is 7.85. The van der Waals surface area contributed by atoms with Gasteiger partial charge in [0.15, 0.2) is 9.84 Å². The molecule has 0 saturated carbocycles. The topological polar surface area (TPSA) is 58.2 Å². The molecule has 0 bridgehead atoms. The first kappa shape index (κ1) is 17.9. The van der Waals surface area contributed by atoms with E-state index in [0.717, 1.165) is 25.3 Å². The molecule has 1 aliphatic rings. The number of hydrogen-bond donors (Lipinski definition) is 2. The van der Waals surface area contributed by atoms with Crippen LogP contribution in [0.15, 0.2) is 34.9 Å². The van der Waals surface area contributed by atoms with Crippen molar-refractivity contribution in [2.75, 3.05) is 25.9 Å². The average Bonchev–Trinajstić information content (AvgIpc) is 2.62. The normalized spacial score (nSPS) is 14.7. The average molecular weight is 286 g/mol. The first-order valence-electron chi connectivity index (χ1n) is 6.76. The van der Waals surface area contributed by atoms with Gasteiger partial charge in [-0.15, -0.1) is 0 Å². The van der Waals surface area contributed by atoms with Crippen LogP contribution in [0.2, 0.25) is 0 Å². The highest BCUT2D eigenvalue weighted by molar-refractivity contribution is 7.94. The van der Waals surface area contributed by atoms with Crippen LogP contribution in [-0.2, 0) is 9.84 Å². The highest BCUT2D eigenvalue weighted by Gasteiger charge is 2.09. The minimum atomic E-state index is -3.10. The van der Waals surface area contributed by atoms with Gasteiger partial charge in [0.2, 0.25) is 0 Å². The minimum Gasteiger partial charge on any atom is -0.387 e. The van der Waals surface area contributed by atoms with Crippen molar-refractivity contribution in [1.29, 1.82) is 0 Å². The van der Waals surface area contributed by atoms with Gasteiger partial charge in [-0.05, 0) is 18.7 Å². The lowest BCUT2D eigenvalue weighted by Crippen LogP contribution is -2.26. The summed E-state index contributed by atoms with van der Waals surface area (Å²) in [5, 5.41) is 6.49. The van der Waals surface area contributed by atoms with Gasteiger partial charge >= 0.3 is 0 Å². The Hall–Kier alpha value is -1.07. The zero-order valence-corrected chi connectivity index (χ0v) is 13.2. The van der Waals surface area contributed by atoms with Gasteiger partial charge in [0, 0.05) is 31.5 Å². The number of likely N-dealkylation sites (N-methyl/N-ethyl adjacent to an activating group) is 1. The maximum atomic E-state index is 11.4. The quantitative estimate of drug-likeness (QED) is 0.733. The molecule has 0 radical (unpaired) electrons. The fourth-order valence-corrected chi connectivity index (χ4v) is 2.21. The molecule has 0 aromatic heterocycles. The van der Waals surface area contributed by atoms with Gasteiger partial charge in [0.05, 0.1) is 4.91 Å². The molecule has 0 fully saturated rings. The Bertz CT molecular complexity index is 434. The lowest BCUT2D eigenvalue weighted by molar-refractivity contribution is 0.608. The molecule has 2 N–H and O–H groups in total. The molecule has 0 amide bonds. The molecule has 0 aromatic carbocycles. The largest absolute Gasteiger partial charge is 0.387 e. The molecule has 1 aliphatic carbocycles. The lowest BCUT2D eigenvalue weighted by Gasteiger charge is -2.08. The van der Waals surface area contributed by atoms with Crippen LogP contribution in [0.25, 0.3) is 0 Å². The van der Waals surface area contributed by atoms with Crippen LogP contribution in [0, 0.1) is 0 Å². The lowest BCUT2D eigenvalue weighted by atomic mass is 10.3. The van der Waals surface area contributed by atoms with Gasteiger partial charge in [0.1, 0.15) is 0 Å². The molecule has 0 aliphatic heterocycles. The summed E-state index contributed by atoms with van der Waals surface area (Å²) in [6.45, 7) is 8.77. The molecule has 0 saturated heterocycles. The summed E-state index contributed by atoms with van der Waals surface area (Å²) in [6.07, 6.45) is 8.92. The summed E-state index contributed by atoms with van der Waals surface area (Å²) in [5.41, 5.74) is 1.04. The van der Waals surface area contributed by atoms with Crippen molar-refractivity contribution in [3.05, 3.63) is 34.9 Å². The van der Waals surface area contributed by atoms with E-state index in [-0.39, 0.29) is 0 Å². The minimum absolute atomic E-state index is 0.386. The van der Waals surface area contributed by atoms with Gasteiger partial charge in [-0.25, -0.2) is 8.42 Å². The van der Waals surface area contributed by atoms with Crippen molar-refractivity contribution in [2.24, 2.45) is 0 Å². The van der Waals surface area contributed by atoms with Crippen LogP contribution in [0.3, 0.4) is 0 Å². The molecule has 0 heterocycles. The fourth-order valence-electron chi connectivity index (χ4n) is 1.50. The van der Waals surface area contributed by atoms with E-state index in [1.807, 2.05) is 19.9 Å². The second kappa shape index (κ2) is 9.81. The van der Waals surface area contributed by atoms with Crippen molar-refractivity contribution in [2.45, 2.75) is 27.2 Å². The molecule has 4 nitrogen and oxygen atoms in total. The van der Waals surface area contributed by atoms with Crippen LogP contribution in [0.1, 0.15) is 27.2 Å². The zero-order chi connectivity index (χ0) is 14.7. The van der Waals surface area contributed by atoms with Crippen LogP contribution in [0.4, 0.5) is 0 Å². The molecule has 19 heavy (non-hydrogen) atoms. The Kier molecular flexibility index (Phi) is 9.26. The maximum Gasteiger partial charge on any atom is 0.175 e. The van der Waals surface area contributed by atoms with Gasteiger partial charge in [-0.1, -0.05) is 32.9 Å². The fraction of sp³-hybridized carbons (Fsp3) is 0.571. The predicted molar refractivity (Wildman–Crippen MR) is 82.7 cm³/mol. The zero-order valence-electron chi connectivity index (χ0n) is 12.4. The Morgan fingerprint density at radius 1 is 1.26 bits per heavy atom. The highest BCUT2D eigenvalue weighted by Crippen LogP contribution is 2.14. The SMILES string of the molecule is CC.CCNCCNC1=CC=CC(S(C)(=O)=O)=CC1. The van der Waals surface area contributed by atoms with E-state index in [1.165, 1.54) is 6.26 Å². The number of allylic oxidation sites excluding steroid dienone is 4. The van der Waals surface area contributed by atoms with Gasteiger partial charge < -0.3 is 10.6 Å². The van der Waals surface area contributed by atoms with E-state index >= 15 is 0 Å². The summed E-state index contributed by atoms with van der Waals surface area (Å²) < 4.78 is 22.7. The first-order valence-corrected chi connectivity index (χ1v) is 8.65. The Labute approximate surface area is 117 Å². The van der Waals surface area contributed by atoms with Crippen LogP contribution in [0.5, 0.6) is 0 Å². The summed E-state index contributed by atoms with van der Waals surface area (Å²) in [5.74, 6) is 0. The van der Waals surface area contributed by atoms with Crippen molar-refractivity contribution in [1.82, 2.24) is 10.6 Å². The monoisotopic (exact) mass is 286 g/mol. The molecule has 0 atom stereocenters. The molecular formula is C14H26N2O2S. The Balaban J connectivity index is 0.00000154. The van der Waals surface area contributed by atoms with Crippen molar-refractivity contribution >= 4 is 9.84 Å². The summed E-state index contributed by atoms with van der Waals surface area (Å²) in [7, 11) is -3.10. The number of sulfone groups is 1. The summed E-state index contributed by atoms with van der Waals surface area (Å²) >= 11 is 0. The third-order valence-electron chi connectivity index (χ3n) is 2.41. The summed E-state index contributed by atoms with van der Waals surface area (Å²) in [4.78, 5) is 0.386. The van der Waals surface area contributed by atoms with E-state index in [0.29, 0.717) is 11.3 Å². The predicted octanol–water partition coefficient (Wildman–Crippen LogP) is 1.98. The molecule has 110 valence electrons. The van der Waals surface area contributed by atoms with Crippen molar-refractivity contribution < 1.29 is 8.42 Å². The number of hydrogen-bond acceptors (Lipinski definition) is 4. The van der Waals surface area contributed by atoms with Crippen LogP contribution in [-0.4, -0.2) is 34.3 Å². The second-order valence-corrected chi connectivity index (χ2v) is 5.93. The Morgan fingerprint density at radius 3 is 2.53 bits per heavy atom. The molecule has 0 aromatic rings. The number of rotatable bonds is 6. The standard InChI is InChI=1S/C12H20N2O2S.C2H6/c1-3-13-9-10-14-11-5-4-6-12(8-7-11)17(2,15)16;1-2/h4-6,8,13-14H,3,7,9-10H2,1-2H3;1-2H3.